The molecule has 0 radical (unpaired) electrons. The fourth-order valence-electron chi connectivity index (χ4n) is 2.14. The first-order valence-electron chi connectivity index (χ1n) is 7.36. The molecule has 0 aliphatic heterocycles. The van der Waals surface area contributed by atoms with E-state index in [-0.39, 0.29) is 24.5 Å². The van der Waals surface area contributed by atoms with E-state index in [0.717, 1.165) is 16.9 Å². The van der Waals surface area contributed by atoms with Crippen molar-refractivity contribution in [1.82, 2.24) is 0 Å². The zero-order chi connectivity index (χ0) is 16.8. The highest BCUT2D eigenvalue weighted by Gasteiger charge is 2.10. The fourth-order valence-corrected chi connectivity index (χ4v) is 2.14. The molecule has 2 aromatic rings. The molecule has 0 aliphatic carbocycles. The van der Waals surface area contributed by atoms with Crippen LogP contribution < -0.4 is 15.8 Å². The quantitative estimate of drug-likeness (QED) is 0.860. The van der Waals surface area contributed by atoms with Crippen LogP contribution >= 0.6 is 0 Å². The number of hydrogen-bond donors (Lipinski definition) is 2. The molecule has 0 unspecified atom stereocenters. The van der Waals surface area contributed by atoms with Gasteiger partial charge in [0.15, 0.2) is 0 Å². The lowest BCUT2D eigenvalue weighted by Crippen LogP contribution is -2.19. The Kier molecular flexibility index (Phi) is 5.36. The van der Waals surface area contributed by atoms with Crippen molar-refractivity contribution in [3.05, 3.63) is 59.2 Å². The van der Waals surface area contributed by atoms with E-state index in [9.17, 15) is 9.59 Å². The summed E-state index contributed by atoms with van der Waals surface area (Å²) < 4.78 is 5.65. The Morgan fingerprint density at radius 1 is 1.13 bits per heavy atom. The Morgan fingerprint density at radius 3 is 2.61 bits per heavy atom. The van der Waals surface area contributed by atoms with Gasteiger partial charge in [-0.15, -0.1) is 0 Å². The topological polar surface area (TPSA) is 81.4 Å². The average Bonchev–Trinajstić information content (AvgIpc) is 2.51. The number of benzene rings is 2. The Bertz CT molecular complexity index is 726. The molecule has 0 bridgehead atoms. The van der Waals surface area contributed by atoms with Gasteiger partial charge in [0.25, 0.3) is 5.91 Å². The Balaban J connectivity index is 1.91. The maximum atomic E-state index is 12.0. The van der Waals surface area contributed by atoms with Crippen molar-refractivity contribution < 1.29 is 14.3 Å². The predicted octanol–water partition coefficient (Wildman–Crippen LogP) is 2.81. The monoisotopic (exact) mass is 312 g/mol. The molecule has 0 aromatic heterocycles. The van der Waals surface area contributed by atoms with Crippen LogP contribution in [0.4, 0.5) is 5.69 Å². The molecule has 120 valence electrons. The number of carbonyl (C=O) groups is 2. The number of nitrogens with one attached hydrogen (secondary N) is 1. The van der Waals surface area contributed by atoms with Gasteiger partial charge >= 0.3 is 0 Å². The van der Waals surface area contributed by atoms with E-state index in [0.29, 0.717) is 5.69 Å². The van der Waals surface area contributed by atoms with E-state index in [1.54, 1.807) is 24.3 Å². The van der Waals surface area contributed by atoms with Crippen molar-refractivity contribution in [2.75, 3.05) is 11.9 Å². The summed E-state index contributed by atoms with van der Waals surface area (Å²) >= 11 is 0. The third-order valence-corrected chi connectivity index (χ3v) is 3.40. The van der Waals surface area contributed by atoms with Crippen molar-refractivity contribution in [3.63, 3.8) is 0 Å². The standard InChI is InChI=1S/C18H20N2O3/c1-12-7-8-13(2)16(11-12)23-10-9-17(21)20-15-6-4-3-5-14(15)18(19)22/h3-8,11H,9-10H2,1-2H3,(H2,19,22)(H,20,21). The first-order valence-corrected chi connectivity index (χ1v) is 7.36. The van der Waals surface area contributed by atoms with E-state index in [2.05, 4.69) is 5.32 Å². The van der Waals surface area contributed by atoms with Crippen LogP contribution in [0, 0.1) is 13.8 Å². The highest BCUT2D eigenvalue weighted by molar-refractivity contribution is 6.02. The normalized spacial score (nSPS) is 10.2. The van der Waals surface area contributed by atoms with Gasteiger partial charge < -0.3 is 15.8 Å². The number of rotatable bonds is 6. The molecular formula is C18H20N2O3. The van der Waals surface area contributed by atoms with Crippen molar-refractivity contribution in [3.8, 4) is 5.75 Å². The van der Waals surface area contributed by atoms with E-state index in [1.165, 1.54) is 0 Å². The number of primary amides is 1. The van der Waals surface area contributed by atoms with Crippen molar-refractivity contribution in [1.29, 1.82) is 0 Å². The molecule has 5 heteroatoms. The van der Waals surface area contributed by atoms with Gasteiger partial charge in [-0.2, -0.15) is 0 Å². The number of hydrogen-bond acceptors (Lipinski definition) is 3. The summed E-state index contributed by atoms with van der Waals surface area (Å²) in [6.07, 6.45) is 0.181. The second-order valence-electron chi connectivity index (χ2n) is 5.33. The zero-order valence-electron chi connectivity index (χ0n) is 13.3. The molecule has 0 fully saturated rings. The van der Waals surface area contributed by atoms with Gasteiger partial charge in [-0.25, -0.2) is 0 Å². The third-order valence-electron chi connectivity index (χ3n) is 3.40. The molecule has 0 aliphatic rings. The smallest absolute Gasteiger partial charge is 0.250 e. The lowest BCUT2D eigenvalue weighted by atomic mass is 10.1. The van der Waals surface area contributed by atoms with Crippen LogP contribution in [0.25, 0.3) is 0 Å². The van der Waals surface area contributed by atoms with Gasteiger partial charge in [0.1, 0.15) is 5.75 Å². The first-order chi connectivity index (χ1) is 11.0. The first kappa shape index (κ1) is 16.5. The van der Waals surface area contributed by atoms with Gasteiger partial charge in [0.05, 0.1) is 24.3 Å². The summed E-state index contributed by atoms with van der Waals surface area (Å²) in [4.78, 5) is 23.3. The van der Waals surface area contributed by atoms with Crippen molar-refractivity contribution in [2.45, 2.75) is 20.3 Å². The summed E-state index contributed by atoms with van der Waals surface area (Å²) in [5, 5.41) is 2.68. The number of amides is 2. The molecule has 5 nitrogen and oxygen atoms in total. The van der Waals surface area contributed by atoms with Crippen LogP contribution in [0.2, 0.25) is 0 Å². The van der Waals surface area contributed by atoms with E-state index < -0.39 is 5.91 Å². The van der Waals surface area contributed by atoms with Gasteiger partial charge in [0.2, 0.25) is 5.91 Å². The summed E-state index contributed by atoms with van der Waals surface area (Å²) in [5.41, 5.74) is 8.11. The number of nitrogens with two attached hydrogens (primary N) is 1. The lowest BCUT2D eigenvalue weighted by molar-refractivity contribution is -0.116. The molecule has 23 heavy (non-hydrogen) atoms. The number of aryl methyl sites for hydroxylation is 2. The molecule has 0 saturated carbocycles. The minimum atomic E-state index is -0.576. The maximum Gasteiger partial charge on any atom is 0.250 e. The maximum absolute atomic E-state index is 12.0. The zero-order valence-corrected chi connectivity index (χ0v) is 13.3. The Hall–Kier alpha value is -2.82. The van der Waals surface area contributed by atoms with Crippen LogP contribution in [0.5, 0.6) is 5.75 Å². The lowest BCUT2D eigenvalue weighted by Gasteiger charge is -2.11. The summed E-state index contributed by atoms with van der Waals surface area (Å²) in [6, 6.07) is 12.6. The molecule has 0 saturated heterocycles. The fraction of sp³-hybridized carbons (Fsp3) is 0.222. The molecule has 3 N–H and O–H groups in total. The third kappa shape index (κ3) is 4.57. The highest BCUT2D eigenvalue weighted by atomic mass is 16.5. The van der Waals surface area contributed by atoms with Crippen LogP contribution in [0.15, 0.2) is 42.5 Å². The SMILES string of the molecule is Cc1ccc(C)c(OCCC(=O)Nc2ccccc2C(N)=O)c1. The van der Waals surface area contributed by atoms with Crippen LogP contribution in [-0.4, -0.2) is 18.4 Å². The predicted molar refractivity (Wildman–Crippen MR) is 89.6 cm³/mol. The molecule has 0 heterocycles. The average molecular weight is 312 g/mol. The van der Waals surface area contributed by atoms with Crippen LogP contribution in [0.1, 0.15) is 27.9 Å². The van der Waals surface area contributed by atoms with Gasteiger partial charge in [-0.3, -0.25) is 9.59 Å². The second kappa shape index (κ2) is 7.45. The number of carbonyl (C=O) groups excluding carboxylic acids is 2. The molecule has 2 aromatic carbocycles. The van der Waals surface area contributed by atoms with Gasteiger partial charge in [0, 0.05) is 0 Å². The van der Waals surface area contributed by atoms with Crippen molar-refractivity contribution >= 4 is 17.5 Å². The van der Waals surface area contributed by atoms with Crippen LogP contribution in [0.3, 0.4) is 0 Å². The minimum Gasteiger partial charge on any atom is -0.493 e. The highest BCUT2D eigenvalue weighted by Crippen LogP contribution is 2.19. The number of anilines is 1. The summed E-state index contributed by atoms with van der Waals surface area (Å²) in [5.74, 6) is -0.0353. The number of para-hydroxylation sites is 1. The van der Waals surface area contributed by atoms with E-state index in [1.807, 2.05) is 32.0 Å². The minimum absolute atomic E-state index is 0.181. The van der Waals surface area contributed by atoms with Crippen LogP contribution in [-0.2, 0) is 4.79 Å². The second-order valence-corrected chi connectivity index (χ2v) is 5.33. The van der Waals surface area contributed by atoms with E-state index >= 15 is 0 Å². The summed E-state index contributed by atoms with van der Waals surface area (Å²) in [6.45, 7) is 4.20. The molecule has 0 spiro atoms. The largest absolute Gasteiger partial charge is 0.493 e. The number of ether oxygens (including phenoxy) is 1. The van der Waals surface area contributed by atoms with Crippen molar-refractivity contribution in [2.24, 2.45) is 5.73 Å². The van der Waals surface area contributed by atoms with E-state index in [4.69, 9.17) is 10.5 Å². The Morgan fingerprint density at radius 2 is 1.87 bits per heavy atom. The molecule has 2 amide bonds. The Labute approximate surface area is 135 Å². The molecule has 0 atom stereocenters. The molecule has 2 rings (SSSR count). The molecular weight excluding hydrogens is 292 g/mol. The van der Waals surface area contributed by atoms with Gasteiger partial charge in [-0.05, 0) is 43.2 Å². The van der Waals surface area contributed by atoms with Gasteiger partial charge in [-0.1, -0.05) is 24.3 Å². The summed E-state index contributed by atoms with van der Waals surface area (Å²) in [7, 11) is 0.